The standard InChI is InChI=1S/C17H27F8NO5/c1-27-6-7-29-8-9-31-13(10-26-2-4-28-5-3-26)11-30-12-15(20,21)17(24,25)16(22,23)14(18)19/h13-14H,2-12H2,1H3. The topological polar surface area (TPSA) is 49.4 Å². The molecule has 1 atom stereocenters. The number of nitrogens with zero attached hydrogens (tertiary/aromatic N) is 1. The Morgan fingerprint density at radius 1 is 0.903 bits per heavy atom. The van der Waals surface area contributed by atoms with Crippen molar-refractivity contribution in [2.75, 3.05) is 79.6 Å². The number of halogens is 8. The van der Waals surface area contributed by atoms with Gasteiger partial charge in [0.25, 0.3) is 0 Å². The van der Waals surface area contributed by atoms with Crippen LogP contribution in [0.3, 0.4) is 0 Å². The monoisotopic (exact) mass is 477 g/mol. The summed E-state index contributed by atoms with van der Waals surface area (Å²) in [7, 11) is 1.48. The van der Waals surface area contributed by atoms with Gasteiger partial charge in [-0.1, -0.05) is 0 Å². The average Bonchev–Trinajstić information content (AvgIpc) is 2.70. The van der Waals surface area contributed by atoms with Crippen LogP contribution in [0.2, 0.25) is 0 Å². The maximum Gasteiger partial charge on any atom is 0.380 e. The van der Waals surface area contributed by atoms with Crippen LogP contribution in [-0.4, -0.2) is 115 Å². The van der Waals surface area contributed by atoms with Crippen LogP contribution in [0.1, 0.15) is 0 Å². The van der Waals surface area contributed by atoms with Crippen LogP contribution in [0.15, 0.2) is 0 Å². The quantitative estimate of drug-likeness (QED) is 0.252. The molecule has 1 heterocycles. The Morgan fingerprint density at radius 2 is 1.52 bits per heavy atom. The number of ether oxygens (including phenoxy) is 5. The molecule has 1 rings (SSSR count). The predicted octanol–water partition coefficient (Wildman–Crippen LogP) is 2.55. The third kappa shape index (κ3) is 8.57. The van der Waals surface area contributed by atoms with Gasteiger partial charge < -0.3 is 23.7 Å². The second kappa shape index (κ2) is 13.0. The number of alkyl halides is 8. The molecule has 0 aromatic rings. The molecule has 1 aliphatic heterocycles. The van der Waals surface area contributed by atoms with Crippen molar-refractivity contribution in [3.63, 3.8) is 0 Å². The van der Waals surface area contributed by atoms with Crippen LogP contribution < -0.4 is 0 Å². The van der Waals surface area contributed by atoms with E-state index in [1.165, 1.54) is 7.11 Å². The summed E-state index contributed by atoms with van der Waals surface area (Å²) in [6, 6.07) is 0. The van der Waals surface area contributed by atoms with E-state index in [0.29, 0.717) is 32.9 Å². The van der Waals surface area contributed by atoms with Crippen LogP contribution in [0.25, 0.3) is 0 Å². The van der Waals surface area contributed by atoms with E-state index < -0.39 is 43.5 Å². The third-order valence-electron chi connectivity index (χ3n) is 4.32. The molecule has 1 fully saturated rings. The maximum absolute atomic E-state index is 13.6. The van der Waals surface area contributed by atoms with E-state index in [-0.39, 0.29) is 26.4 Å². The van der Waals surface area contributed by atoms with Gasteiger partial charge in [-0.05, 0) is 0 Å². The molecule has 0 saturated carbocycles. The molecule has 6 nitrogen and oxygen atoms in total. The zero-order chi connectivity index (χ0) is 23.5. The Labute approximate surface area is 174 Å². The van der Waals surface area contributed by atoms with Crippen LogP contribution in [0, 0.1) is 0 Å². The molecule has 0 aromatic heterocycles. The van der Waals surface area contributed by atoms with Gasteiger partial charge >= 0.3 is 24.2 Å². The first-order chi connectivity index (χ1) is 14.5. The van der Waals surface area contributed by atoms with E-state index in [2.05, 4.69) is 4.74 Å². The number of hydrogen-bond donors (Lipinski definition) is 0. The first-order valence-corrected chi connectivity index (χ1v) is 9.43. The zero-order valence-electron chi connectivity index (χ0n) is 16.9. The molecule has 0 bridgehead atoms. The van der Waals surface area contributed by atoms with Crippen LogP contribution in [-0.2, 0) is 23.7 Å². The fourth-order valence-corrected chi connectivity index (χ4v) is 2.53. The van der Waals surface area contributed by atoms with Crippen molar-refractivity contribution in [3.8, 4) is 0 Å². The zero-order valence-corrected chi connectivity index (χ0v) is 16.9. The van der Waals surface area contributed by atoms with Crippen LogP contribution in [0.5, 0.6) is 0 Å². The highest BCUT2D eigenvalue weighted by Gasteiger charge is 2.75. The minimum Gasteiger partial charge on any atom is -0.382 e. The van der Waals surface area contributed by atoms with E-state index >= 15 is 0 Å². The summed E-state index contributed by atoms with van der Waals surface area (Å²) in [5.74, 6) is -18.0. The summed E-state index contributed by atoms with van der Waals surface area (Å²) in [6.45, 7) is -0.0834. The smallest absolute Gasteiger partial charge is 0.380 e. The highest BCUT2D eigenvalue weighted by atomic mass is 19.4. The average molecular weight is 477 g/mol. The highest BCUT2D eigenvalue weighted by molar-refractivity contribution is 4.97. The van der Waals surface area contributed by atoms with E-state index in [1.54, 1.807) is 0 Å². The first-order valence-electron chi connectivity index (χ1n) is 9.43. The normalized spacial score (nSPS) is 18.0. The number of hydrogen-bond acceptors (Lipinski definition) is 6. The van der Waals surface area contributed by atoms with E-state index in [1.807, 2.05) is 4.90 Å². The summed E-state index contributed by atoms with van der Waals surface area (Å²) in [5.41, 5.74) is 0. The van der Waals surface area contributed by atoms with E-state index in [9.17, 15) is 35.1 Å². The fourth-order valence-electron chi connectivity index (χ4n) is 2.53. The molecule has 186 valence electrons. The van der Waals surface area contributed by atoms with Crippen molar-refractivity contribution in [1.82, 2.24) is 4.90 Å². The lowest BCUT2D eigenvalue weighted by Gasteiger charge is -2.33. The van der Waals surface area contributed by atoms with Crippen LogP contribution in [0.4, 0.5) is 35.1 Å². The molecule has 31 heavy (non-hydrogen) atoms. The maximum atomic E-state index is 13.6. The van der Waals surface area contributed by atoms with Gasteiger partial charge in [-0.15, -0.1) is 0 Å². The Bertz CT molecular complexity index is 495. The van der Waals surface area contributed by atoms with Gasteiger partial charge in [-0.3, -0.25) is 4.90 Å². The third-order valence-corrected chi connectivity index (χ3v) is 4.32. The number of morpholine rings is 1. The molecule has 0 spiro atoms. The molecule has 0 aromatic carbocycles. The molecule has 0 amide bonds. The summed E-state index contributed by atoms with van der Waals surface area (Å²) < 4.78 is 129. The Kier molecular flexibility index (Phi) is 11.9. The molecule has 1 saturated heterocycles. The molecule has 1 aliphatic rings. The lowest BCUT2D eigenvalue weighted by Crippen LogP contribution is -2.59. The van der Waals surface area contributed by atoms with Gasteiger partial charge in [0, 0.05) is 26.7 Å². The van der Waals surface area contributed by atoms with Crippen molar-refractivity contribution in [2.45, 2.75) is 30.3 Å². The molecule has 0 N–H and O–H groups in total. The van der Waals surface area contributed by atoms with Gasteiger partial charge in [0.15, 0.2) is 0 Å². The number of methoxy groups -OCH3 is 1. The lowest BCUT2D eigenvalue weighted by atomic mass is 10.1. The van der Waals surface area contributed by atoms with Crippen molar-refractivity contribution >= 4 is 0 Å². The summed E-state index contributed by atoms with van der Waals surface area (Å²) in [5, 5.41) is 0. The van der Waals surface area contributed by atoms with Gasteiger partial charge in [0.1, 0.15) is 6.61 Å². The van der Waals surface area contributed by atoms with Crippen molar-refractivity contribution in [3.05, 3.63) is 0 Å². The highest BCUT2D eigenvalue weighted by Crippen LogP contribution is 2.48. The molecular formula is C17H27F8NO5. The molecule has 14 heteroatoms. The fraction of sp³-hybridized carbons (Fsp3) is 1.00. The van der Waals surface area contributed by atoms with E-state index in [0.717, 1.165) is 0 Å². The summed E-state index contributed by atoms with van der Waals surface area (Å²) >= 11 is 0. The Balaban J connectivity index is 2.60. The van der Waals surface area contributed by atoms with Crippen LogP contribution >= 0.6 is 0 Å². The largest absolute Gasteiger partial charge is 0.382 e. The summed E-state index contributed by atoms with van der Waals surface area (Å²) in [6.07, 6.45) is -5.85. The lowest BCUT2D eigenvalue weighted by molar-refractivity contribution is -0.346. The Hall–Kier alpha value is -0.800. The van der Waals surface area contributed by atoms with E-state index in [4.69, 9.17) is 18.9 Å². The minimum absolute atomic E-state index is 0.0120. The second-order valence-corrected chi connectivity index (χ2v) is 6.73. The number of rotatable bonds is 16. The molecule has 0 radical (unpaired) electrons. The summed E-state index contributed by atoms with van der Waals surface area (Å²) in [4.78, 5) is 1.85. The van der Waals surface area contributed by atoms with Crippen molar-refractivity contribution in [2.24, 2.45) is 0 Å². The van der Waals surface area contributed by atoms with Crippen molar-refractivity contribution in [1.29, 1.82) is 0 Å². The van der Waals surface area contributed by atoms with Gasteiger partial charge in [-0.25, -0.2) is 8.78 Å². The first kappa shape index (κ1) is 28.2. The molecule has 1 unspecified atom stereocenters. The molecular weight excluding hydrogens is 450 g/mol. The van der Waals surface area contributed by atoms with Gasteiger partial charge in [-0.2, -0.15) is 26.3 Å². The molecule has 0 aliphatic carbocycles. The minimum atomic E-state index is -6.30. The second-order valence-electron chi connectivity index (χ2n) is 6.73. The SMILES string of the molecule is COCCOCCOC(COCC(F)(F)C(F)(F)C(F)(F)C(F)F)CN1CCOCC1. The van der Waals surface area contributed by atoms with Crippen molar-refractivity contribution < 1.29 is 58.8 Å². The van der Waals surface area contributed by atoms with Gasteiger partial charge in [0.2, 0.25) is 0 Å². The van der Waals surface area contributed by atoms with Gasteiger partial charge in [0.05, 0.1) is 52.4 Å². The Morgan fingerprint density at radius 3 is 2.10 bits per heavy atom. The predicted molar refractivity (Wildman–Crippen MR) is 91.4 cm³/mol.